The molecule has 0 radical (unpaired) electrons. The molecule has 2 heterocycles. The predicted octanol–water partition coefficient (Wildman–Crippen LogP) is 4.22. The highest BCUT2D eigenvalue weighted by Gasteiger charge is 2.39. The molecular formula is C17H20ClN2+. The number of nitrogens with zero attached hydrogens (tertiary/aromatic N) is 2. The average Bonchev–Trinajstić information content (AvgIpc) is 2.84. The Morgan fingerprint density at radius 1 is 1.25 bits per heavy atom. The molecule has 0 N–H and O–H groups in total. The largest absolute Gasteiger partial charge is 0.316 e. The lowest BCUT2D eigenvalue weighted by atomic mass is 10.0. The van der Waals surface area contributed by atoms with Crippen molar-refractivity contribution >= 4 is 11.6 Å². The van der Waals surface area contributed by atoms with Gasteiger partial charge in [0.2, 0.25) is 0 Å². The Balaban J connectivity index is 1.89. The van der Waals surface area contributed by atoms with Crippen molar-refractivity contribution in [2.24, 2.45) is 0 Å². The summed E-state index contributed by atoms with van der Waals surface area (Å²) in [5.74, 6) is 0. The van der Waals surface area contributed by atoms with Crippen molar-refractivity contribution < 1.29 is 4.48 Å². The van der Waals surface area contributed by atoms with Crippen LogP contribution in [-0.2, 0) is 6.54 Å². The molecule has 0 saturated carbocycles. The van der Waals surface area contributed by atoms with Crippen molar-refractivity contribution in [3.63, 3.8) is 0 Å². The van der Waals surface area contributed by atoms with Crippen molar-refractivity contribution in [1.29, 1.82) is 0 Å². The highest BCUT2D eigenvalue weighted by molar-refractivity contribution is 6.31. The molecule has 1 aliphatic rings. The molecule has 2 nitrogen and oxygen atoms in total. The predicted molar refractivity (Wildman–Crippen MR) is 82.4 cm³/mol. The monoisotopic (exact) mass is 287 g/mol. The Morgan fingerprint density at radius 2 is 2.10 bits per heavy atom. The molecule has 1 fully saturated rings. The second-order valence-electron chi connectivity index (χ2n) is 5.90. The first-order valence-corrected chi connectivity index (χ1v) is 7.54. The fourth-order valence-electron chi connectivity index (χ4n) is 3.42. The number of hydrogen-bond donors (Lipinski definition) is 0. The lowest BCUT2D eigenvalue weighted by Gasteiger charge is -2.36. The maximum absolute atomic E-state index is 6.34. The molecule has 1 aromatic heterocycles. The molecule has 0 bridgehead atoms. The van der Waals surface area contributed by atoms with Gasteiger partial charge >= 0.3 is 0 Å². The number of quaternary nitrogens is 1. The summed E-state index contributed by atoms with van der Waals surface area (Å²) in [5, 5.41) is 0.878. The minimum absolute atomic E-state index is 0.528. The summed E-state index contributed by atoms with van der Waals surface area (Å²) in [6, 6.07) is 13.0. The van der Waals surface area contributed by atoms with Crippen LogP contribution >= 0.6 is 11.6 Å². The molecule has 0 spiro atoms. The molecule has 0 amide bonds. The van der Waals surface area contributed by atoms with Crippen molar-refractivity contribution in [2.45, 2.75) is 25.4 Å². The zero-order valence-electron chi connectivity index (χ0n) is 11.8. The summed E-state index contributed by atoms with van der Waals surface area (Å²) in [6.07, 6.45) is 6.35. The van der Waals surface area contributed by atoms with Crippen LogP contribution in [0.3, 0.4) is 0 Å². The van der Waals surface area contributed by atoms with E-state index in [1.165, 1.54) is 30.5 Å². The standard InChI is InChI=1S/C17H20ClN2/c1-20(13-15-6-2-3-8-16(15)18)11-5-9-17(20)14-7-4-10-19-12-14/h2-4,6-8,10,12,17H,5,9,11,13H2,1H3/q+1/t17-,20?/m0/s1. The second kappa shape index (κ2) is 5.55. The minimum Gasteiger partial charge on any atom is -0.316 e. The number of halogens is 1. The van der Waals surface area contributed by atoms with E-state index >= 15 is 0 Å². The topological polar surface area (TPSA) is 12.9 Å². The summed E-state index contributed by atoms with van der Waals surface area (Å²) in [4.78, 5) is 4.28. The normalized spacial score (nSPS) is 25.8. The zero-order valence-corrected chi connectivity index (χ0v) is 12.6. The lowest BCUT2D eigenvalue weighted by molar-refractivity contribution is -0.939. The SMILES string of the molecule is C[N+]1(Cc2ccccc2Cl)CCC[C@H]1c1cccnc1. The fourth-order valence-corrected chi connectivity index (χ4v) is 3.61. The first-order chi connectivity index (χ1) is 9.69. The molecule has 3 heteroatoms. The maximum atomic E-state index is 6.34. The Morgan fingerprint density at radius 3 is 2.85 bits per heavy atom. The number of hydrogen-bond acceptors (Lipinski definition) is 1. The third-order valence-electron chi connectivity index (χ3n) is 4.46. The van der Waals surface area contributed by atoms with E-state index in [0.717, 1.165) is 16.1 Å². The maximum Gasteiger partial charge on any atom is 0.116 e. The molecule has 1 aliphatic heterocycles. The smallest absolute Gasteiger partial charge is 0.116 e. The van der Waals surface area contributed by atoms with Gasteiger partial charge in [0.05, 0.1) is 13.6 Å². The molecule has 2 atom stereocenters. The minimum atomic E-state index is 0.528. The summed E-state index contributed by atoms with van der Waals surface area (Å²) in [7, 11) is 2.34. The Hall–Kier alpha value is -1.38. The van der Waals surface area contributed by atoms with Crippen LogP contribution in [0.4, 0.5) is 0 Å². The number of rotatable bonds is 3. The van der Waals surface area contributed by atoms with Gasteiger partial charge in [0.15, 0.2) is 0 Å². The lowest BCUT2D eigenvalue weighted by Crippen LogP contribution is -2.42. The van der Waals surface area contributed by atoms with E-state index < -0.39 is 0 Å². The summed E-state index contributed by atoms with van der Waals surface area (Å²) in [5.41, 5.74) is 2.59. The van der Waals surface area contributed by atoms with Gasteiger partial charge in [-0.15, -0.1) is 0 Å². The molecule has 1 unspecified atom stereocenters. The summed E-state index contributed by atoms with van der Waals surface area (Å²) in [6.45, 7) is 2.18. The third-order valence-corrected chi connectivity index (χ3v) is 4.83. The average molecular weight is 288 g/mol. The van der Waals surface area contributed by atoms with Crippen LogP contribution < -0.4 is 0 Å². The molecular weight excluding hydrogens is 268 g/mol. The third kappa shape index (κ3) is 2.58. The highest BCUT2D eigenvalue weighted by atomic mass is 35.5. The van der Waals surface area contributed by atoms with Crippen LogP contribution in [0.1, 0.15) is 30.0 Å². The molecule has 2 aromatic rings. The van der Waals surface area contributed by atoms with Crippen LogP contribution in [0.15, 0.2) is 48.8 Å². The fraction of sp³-hybridized carbons (Fsp3) is 0.353. The molecule has 3 rings (SSSR count). The molecule has 1 aromatic carbocycles. The Kier molecular flexibility index (Phi) is 3.77. The van der Waals surface area contributed by atoms with Crippen LogP contribution in [0.2, 0.25) is 5.02 Å². The molecule has 104 valence electrons. The van der Waals surface area contributed by atoms with Crippen LogP contribution in [-0.4, -0.2) is 23.1 Å². The van der Waals surface area contributed by atoms with Crippen molar-refractivity contribution in [1.82, 2.24) is 4.98 Å². The van der Waals surface area contributed by atoms with Gasteiger partial charge in [0.25, 0.3) is 0 Å². The van der Waals surface area contributed by atoms with Crippen molar-refractivity contribution in [2.75, 3.05) is 13.6 Å². The van der Waals surface area contributed by atoms with E-state index in [9.17, 15) is 0 Å². The number of likely N-dealkylation sites (tertiary alicyclic amines) is 1. The van der Waals surface area contributed by atoms with E-state index in [4.69, 9.17) is 11.6 Å². The van der Waals surface area contributed by atoms with Gasteiger partial charge in [-0.05, 0) is 12.1 Å². The summed E-state index contributed by atoms with van der Waals surface area (Å²) < 4.78 is 1.02. The van der Waals surface area contributed by atoms with E-state index in [2.05, 4.69) is 30.2 Å². The first-order valence-electron chi connectivity index (χ1n) is 7.17. The number of benzene rings is 1. The van der Waals surface area contributed by atoms with Gasteiger partial charge in [-0.1, -0.05) is 35.9 Å². The van der Waals surface area contributed by atoms with E-state index in [-0.39, 0.29) is 0 Å². The van der Waals surface area contributed by atoms with Gasteiger partial charge in [-0.2, -0.15) is 0 Å². The second-order valence-corrected chi connectivity index (χ2v) is 6.30. The zero-order chi connectivity index (χ0) is 14.0. The Labute approximate surface area is 125 Å². The van der Waals surface area contributed by atoms with E-state index in [0.29, 0.717) is 6.04 Å². The quantitative estimate of drug-likeness (QED) is 0.771. The van der Waals surface area contributed by atoms with Gasteiger partial charge in [0, 0.05) is 41.4 Å². The van der Waals surface area contributed by atoms with Gasteiger partial charge < -0.3 is 4.48 Å². The first kappa shape index (κ1) is 13.6. The molecule has 20 heavy (non-hydrogen) atoms. The van der Waals surface area contributed by atoms with E-state index in [1.54, 1.807) is 0 Å². The Bertz CT molecular complexity index is 585. The highest BCUT2D eigenvalue weighted by Crippen LogP contribution is 2.39. The van der Waals surface area contributed by atoms with Crippen molar-refractivity contribution in [3.05, 3.63) is 64.9 Å². The number of aromatic nitrogens is 1. The molecule has 1 saturated heterocycles. The van der Waals surface area contributed by atoms with Crippen LogP contribution in [0, 0.1) is 0 Å². The summed E-state index contributed by atoms with van der Waals surface area (Å²) >= 11 is 6.34. The van der Waals surface area contributed by atoms with Crippen molar-refractivity contribution in [3.8, 4) is 0 Å². The van der Waals surface area contributed by atoms with Crippen LogP contribution in [0.25, 0.3) is 0 Å². The van der Waals surface area contributed by atoms with Gasteiger partial charge in [-0.3, -0.25) is 4.98 Å². The number of pyridine rings is 1. The van der Waals surface area contributed by atoms with Gasteiger partial charge in [-0.25, -0.2) is 0 Å². The van der Waals surface area contributed by atoms with Gasteiger partial charge in [0.1, 0.15) is 12.6 Å². The van der Waals surface area contributed by atoms with E-state index in [1.807, 2.05) is 30.6 Å². The van der Waals surface area contributed by atoms with Crippen LogP contribution in [0.5, 0.6) is 0 Å². The molecule has 0 aliphatic carbocycles.